The van der Waals surface area contributed by atoms with E-state index < -0.39 is 0 Å². The highest BCUT2D eigenvalue weighted by Crippen LogP contribution is 2.29. The molecule has 1 radical (unpaired) electrons. The summed E-state index contributed by atoms with van der Waals surface area (Å²) >= 11 is 0. The zero-order valence-electron chi connectivity index (χ0n) is 6.02. The van der Waals surface area contributed by atoms with E-state index in [4.69, 9.17) is 9.47 Å². The molecule has 53 valence electrons. The van der Waals surface area contributed by atoms with Gasteiger partial charge in [-0.1, -0.05) is 0 Å². The van der Waals surface area contributed by atoms with E-state index >= 15 is 0 Å². The first-order chi connectivity index (χ1) is 4.33. The molecule has 1 saturated carbocycles. The zero-order chi connectivity index (χ0) is 6.69. The first kappa shape index (κ1) is 7.03. The van der Waals surface area contributed by atoms with Crippen LogP contribution < -0.4 is 0 Å². The molecule has 9 heavy (non-hydrogen) atoms. The quantitative estimate of drug-likeness (QED) is 0.573. The second-order valence-electron chi connectivity index (χ2n) is 2.45. The average Bonchev–Trinajstić information content (AvgIpc) is 2.65. The van der Waals surface area contributed by atoms with E-state index in [-0.39, 0.29) is 0 Å². The Labute approximate surface area is 56.2 Å². The van der Waals surface area contributed by atoms with Crippen LogP contribution in [0, 0.1) is 12.2 Å². The third kappa shape index (κ3) is 2.82. The number of ether oxygens (including phenoxy) is 2. The summed E-state index contributed by atoms with van der Waals surface area (Å²) in [4.78, 5) is 0. The van der Waals surface area contributed by atoms with Crippen LogP contribution in [0.3, 0.4) is 0 Å². The van der Waals surface area contributed by atoms with Crippen LogP contribution in [0.2, 0.25) is 0 Å². The second kappa shape index (κ2) is 3.18. The van der Waals surface area contributed by atoms with Crippen LogP contribution in [0.25, 0.3) is 0 Å². The molecule has 0 atom stereocenters. The fraction of sp³-hybridized carbons (Fsp3) is 0.857. The van der Waals surface area contributed by atoms with Crippen LogP contribution in [0.15, 0.2) is 0 Å². The summed E-state index contributed by atoms with van der Waals surface area (Å²) in [6.45, 7) is 2.68. The van der Waals surface area contributed by atoms with Gasteiger partial charge >= 0.3 is 0 Å². The summed E-state index contributed by atoms with van der Waals surface area (Å²) in [5, 5.41) is 0. The van der Waals surface area contributed by atoms with Gasteiger partial charge < -0.3 is 9.47 Å². The van der Waals surface area contributed by atoms with Gasteiger partial charge in [0.2, 0.25) is 6.29 Å². The molecule has 0 heterocycles. The van der Waals surface area contributed by atoms with Crippen LogP contribution in [0.1, 0.15) is 19.8 Å². The van der Waals surface area contributed by atoms with E-state index in [0.717, 1.165) is 12.5 Å². The third-order valence-electron chi connectivity index (χ3n) is 1.51. The van der Waals surface area contributed by atoms with Crippen molar-refractivity contribution in [2.45, 2.75) is 19.8 Å². The minimum Gasteiger partial charge on any atom is -0.349 e. The minimum absolute atomic E-state index is 0.682. The Morgan fingerprint density at radius 1 is 1.56 bits per heavy atom. The molecule has 0 aliphatic heterocycles. The summed E-state index contributed by atoms with van der Waals surface area (Å²) in [6.07, 6.45) is 3.34. The van der Waals surface area contributed by atoms with Crippen molar-refractivity contribution in [3.05, 3.63) is 6.29 Å². The lowest BCUT2D eigenvalue weighted by atomic mass is 10.5. The normalized spacial score (nSPS) is 19.0. The molecule has 0 aromatic carbocycles. The molecule has 2 nitrogen and oxygen atoms in total. The third-order valence-corrected chi connectivity index (χ3v) is 1.51. The van der Waals surface area contributed by atoms with E-state index in [1.807, 2.05) is 6.92 Å². The first-order valence-corrected chi connectivity index (χ1v) is 3.33. The maximum atomic E-state index is 5.21. The lowest BCUT2D eigenvalue weighted by Gasteiger charge is -2.06. The molecule has 0 aromatic rings. The first-order valence-electron chi connectivity index (χ1n) is 3.33. The van der Waals surface area contributed by atoms with Crippen molar-refractivity contribution >= 4 is 0 Å². The summed E-state index contributed by atoms with van der Waals surface area (Å²) in [7, 11) is 1.63. The Morgan fingerprint density at radius 3 is 2.67 bits per heavy atom. The molecule has 0 amide bonds. The Bertz CT molecular complexity index is 79.0. The van der Waals surface area contributed by atoms with Crippen molar-refractivity contribution < 1.29 is 9.47 Å². The van der Waals surface area contributed by atoms with Gasteiger partial charge in [-0.3, -0.25) is 0 Å². The maximum Gasteiger partial charge on any atom is 0.220 e. The van der Waals surface area contributed by atoms with E-state index in [9.17, 15) is 0 Å². The van der Waals surface area contributed by atoms with Crippen LogP contribution in [-0.4, -0.2) is 13.7 Å². The van der Waals surface area contributed by atoms with Gasteiger partial charge in [0.25, 0.3) is 0 Å². The number of methoxy groups -OCH3 is 1. The molecule has 1 fully saturated rings. The molecule has 1 rings (SSSR count). The molecule has 0 unspecified atom stereocenters. The van der Waals surface area contributed by atoms with Crippen molar-refractivity contribution in [3.63, 3.8) is 0 Å². The number of hydrogen-bond acceptors (Lipinski definition) is 2. The largest absolute Gasteiger partial charge is 0.349 e. The van der Waals surface area contributed by atoms with Gasteiger partial charge in [-0.05, 0) is 25.7 Å². The van der Waals surface area contributed by atoms with Crippen molar-refractivity contribution in [2.75, 3.05) is 13.7 Å². The highest BCUT2D eigenvalue weighted by Gasteiger charge is 2.22. The van der Waals surface area contributed by atoms with Crippen molar-refractivity contribution in [1.29, 1.82) is 0 Å². The van der Waals surface area contributed by atoms with Gasteiger partial charge in [-0.15, -0.1) is 0 Å². The van der Waals surface area contributed by atoms with Crippen molar-refractivity contribution in [1.82, 2.24) is 0 Å². The van der Waals surface area contributed by atoms with Crippen LogP contribution in [-0.2, 0) is 9.47 Å². The fourth-order valence-electron chi connectivity index (χ4n) is 0.579. The Morgan fingerprint density at radius 2 is 2.22 bits per heavy atom. The lowest BCUT2D eigenvalue weighted by Crippen LogP contribution is -2.03. The SMILES string of the molecule is CO[C](C)OCC1CC1. The average molecular weight is 129 g/mol. The summed E-state index contributed by atoms with van der Waals surface area (Å²) < 4.78 is 10.0. The number of hydrogen-bond donors (Lipinski definition) is 0. The van der Waals surface area contributed by atoms with Gasteiger partial charge in [0.05, 0.1) is 6.61 Å². The lowest BCUT2D eigenvalue weighted by molar-refractivity contribution is -0.0180. The predicted molar refractivity (Wildman–Crippen MR) is 34.6 cm³/mol. The van der Waals surface area contributed by atoms with Gasteiger partial charge in [0.15, 0.2) is 0 Å². The minimum atomic E-state index is 0.682. The van der Waals surface area contributed by atoms with E-state index in [0.29, 0.717) is 6.29 Å². The van der Waals surface area contributed by atoms with Crippen LogP contribution >= 0.6 is 0 Å². The van der Waals surface area contributed by atoms with Gasteiger partial charge in [-0.25, -0.2) is 0 Å². The van der Waals surface area contributed by atoms with Gasteiger partial charge in [-0.2, -0.15) is 0 Å². The van der Waals surface area contributed by atoms with E-state index in [2.05, 4.69) is 0 Å². The molecule has 2 heteroatoms. The molecule has 0 N–H and O–H groups in total. The Balaban J connectivity index is 1.90. The van der Waals surface area contributed by atoms with Crippen LogP contribution in [0.5, 0.6) is 0 Å². The highest BCUT2D eigenvalue weighted by molar-refractivity contribution is 4.73. The molecule has 1 aliphatic carbocycles. The zero-order valence-corrected chi connectivity index (χ0v) is 6.02. The fourth-order valence-corrected chi connectivity index (χ4v) is 0.579. The molecule has 0 aromatic heterocycles. The standard InChI is InChI=1S/C7H13O2/c1-6(8-2)9-5-7-3-4-7/h7H,3-5H2,1-2H3. The summed E-state index contributed by atoms with van der Waals surface area (Å²) in [5.41, 5.74) is 0. The maximum absolute atomic E-state index is 5.21. The monoisotopic (exact) mass is 129 g/mol. The van der Waals surface area contributed by atoms with Crippen molar-refractivity contribution in [3.8, 4) is 0 Å². The smallest absolute Gasteiger partial charge is 0.220 e. The topological polar surface area (TPSA) is 18.5 Å². The molecule has 1 aliphatic rings. The Kier molecular flexibility index (Phi) is 2.49. The van der Waals surface area contributed by atoms with Gasteiger partial charge in [0.1, 0.15) is 0 Å². The highest BCUT2D eigenvalue weighted by atomic mass is 16.7. The molecule has 0 saturated heterocycles. The van der Waals surface area contributed by atoms with Crippen LogP contribution in [0.4, 0.5) is 0 Å². The summed E-state index contributed by atoms with van der Waals surface area (Å²) in [6, 6.07) is 0. The predicted octanol–water partition coefficient (Wildman–Crippen LogP) is 1.57. The Hall–Kier alpha value is -0.0800. The van der Waals surface area contributed by atoms with E-state index in [1.165, 1.54) is 12.8 Å². The summed E-state index contributed by atoms with van der Waals surface area (Å²) in [5.74, 6) is 0.815. The van der Waals surface area contributed by atoms with Crippen molar-refractivity contribution in [2.24, 2.45) is 5.92 Å². The van der Waals surface area contributed by atoms with E-state index in [1.54, 1.807) is 7.11 Å². The molecular weight excluding hydrogens is 116 g/mol. The second-order valence-corrected chi connectivity index (χ2v) is 2.45. The number of rotatable bonds is 4. The molecular formula is C7H13O2. The van der Waals surface area contributed by atoms with Gasteiger partial charge in [0, 0.05) is 7.11 Å². The molecule has 0 spiro atoms. The molecule has 0 bridgehead atoms.